The summed E-state index contributed by atoms with van der Waals surface area (Å²) in [6, 6.07) is 0. The molecule has 0 heterocycles. The zero-order chi connectivity index (χ0) is 8.69. The molecule has 1 fully saturated rings. The molecule has 11 heavy (non-hydrogen) atoms. The summed E-state index contributed by atoms with van der Waals surface area (Å²) in [6.07, 6.45) is 6.47. The molecular formula is C9H19FO. The summed E-state index contributed by atoms with van der Waals surface area (Å²) < 4.78 is 9.50. The molecule has 0 bridgehead atoms. The molecule has 0 radical (unpaired) electrons. The first-order valence-corrected chi connectivity index (χ1v) is 4.36. The first-order valence-electron chi connectivity index (χ1n) is 4.36. The molecule has 1 unspecified atom stereocenters. The monoisotopic (exact) mass is 162 g/mol. The van der Waals surface area contributed by atoms with Crippen molar-refractivity contribution in [3.63, 3.8) is 0 Å². The summed E-state index contributed by atoms with van der Waals surface area (Å²) in [7, 11) is 0.500. The highest BCUT2D eigenvalue weighted by Crippen LogP contribution is 2.25. The molecule has 0 aromatic heterocycles. The minimum Gasteiger partial charge on any atom is -0.393 e. The Bertz CT molecular complexity index is 77.6. The average Bonchev–Trinajstić information content (AvgIpc) is 2.10. The van der Waals surface area contributed by atoms with Crippen LogP contribution in [0.3, 0.4) is 0 Å². The minimum absolute atomic E-state index is 0.0645. The van der Waals surface area contributed by atoms with Gasteiger partial charge < -0.3 is 5.11 Å². The molecule has 1 N–H and O–H groups in total. The van der Waals surface area contributed by atoms with Crippen LogP contribution in [-0.4, -0.2) is 18.4 Å². The molecule has 0 aromatic carbocycles. The molecule has 1 saturated carbocycles. The van der Waals surface area contributed by atoms with E-state index in [1.807, 2.05) is 6.92 Å². The van der Waals surface area contributed by atoms with Gasteiger partial charge in [-0.25, -0.2) is 0 Å². The van der Waals surface area contributed by atoms with E-state index in [1.165, 1.54) is 32.1 Å². The van der Waals surface area contributed by atoms with E-state index in [0.29, 0.717) is 13.1 Å². The predicted molar refractivity (Wildman–Crippen MR) is 45.3 cm³/mol. The number of halogens is 1. The molecule has 1 rings (SSSR count). The lowest BCUT2D eigenvalue weighted by Gasteiger charge is -2.23. The molecule has 0 amide bonds. The summed E-state index contributed by atoms with van der Waals surface area (Å²) in [5.41, 5.74) is 0. The first-order chi connectivity index (χ1) is 5.30. The second-order valence-corrected chi connectivity index (χ2v) is 3.14. The van der Waals surface area contributed by atoms with Crippen LogP contribution in [0.2, 0.25) is 0 Å². The topological polar surface area (TPSA) is 20.2 Å². The van der Waals surface area contributed by atoms with Crippen molar-refractivity contribution in [2.45, 2.75) is 45.1 Å². The zero-order valence-corrected chi connectivity index (χ0v) is 7.52. The van der Waals surface area contributed by atoms with Gasteiger partial charge in [0.25, 0.3) is 0 Å². The Morgan fingerprint density at radius 2 is 1.64 bits per heavy atom. The number of hydrogen-bond acceptors (Lipinski definition) is 1. The molecule has 1 atom stereocenters. The standard InChI is InChI=1S/C8H16O.CH3F/c1-7(9)8-5-3-2-4-6-8;1-2/h7-9H,2-6H2,1H3;1H3. The predicted octanol–water partition coefficient (Wildman–Crippen LogP) is 2.53. The Hall–Kier alpha value is -0.110. The van der Waals surface area contributed by atoms with Gasteiger partial charge in [0.2, 0.25) is 0 Å². The van der Waals surface area contributed by atoms with Crippen LogP contribution in [0, 0.1) is 5.92 Å². The maximum atomic E-state index is 9.50. The fraction of sp³-hybridized carbons (Fsp3) is 1.00. The molecule has 0 aliphatic heterocycles. The van der Waals surface area contributed by atoms with Gasteiger partial charge in [-0.1, -0.05) is 19.3 Å². The van der Waals surface area contributed by atoms with Crippen molar-refractivity contribution in [2.75, 3.05) is 7.18 Å². The second-order valence-electron chi connectivity index (χ2n) is 3.14. The highest BCUT2D eigenvalue weighted by Gasteiger charge is 2.17. The van der Waals surface area contributed by atoms with E-state index in [2.05, 4.69) is 0 Å². The fourth-order valence-electron chi connectivity index (χ4n) is 1.62. The largest absolute Gasteiger partial charge is 0.393 e. The maximum Gasteiger partial charge on any atom is 0.0785 e. The number of hydrogen-bond donors (Lipinski definition) is 1. The van der Waals surface area contributed by atoms with Gasteiger partial charge in [0.05, 0.1) is 13.3 Å². The molecule has 0 spiro atoms. The van der Waals surface area contributed by atoms with Crippen molar-refractivity contribution in [1.82, 2.24) is 0 Å². The lowest BCUT2D eigenvalue weighted by atomic mass is 9.86. The van der Waals surface area contributed by atoms with E-state index in [-0.39, 0.29) is 6.10 Å². The Morgan fingerprint density at radius 3 is 1.91 bits per heavy atom. The van der Waals surface area contributed by atoms with Crippen molar-refractivity contribution in [3.05, 3.63) is 0 Å². The SMILES string of the molecule is CC(O)C1CCCCC1.CF. The van der Waals surface area contributed by atoms with Gasteiger partial charge >= 0.3 is 0 Å². The van der Waals surface area contributed by atoms with Gasteiger partial charge in [-0.15, -0.1) is 0 Å². The summed E-state index contributed by atoms with van der Waals surface area (Å²) >= 11 is 0. The van der Waals surface area contributed by atoms with Crippen LogP contribution in [0.15, 0.2) is 0 Å². The van der Waals surface area contributed by atoms with Crippen molar-refractivity contribution in [1.29, 1.82) is 0 Å². The smallest absolute Gasteiger partial charge is 0.0785 e. The highest BCUT2D eigenvalue weighted by molar-refractivity contribution is 4.69. The normalized spacial score (nSPS) is 21.8. The van der Waals surface area contributed by atoms with Crippen molar-refractivity contribution < 1.29 is 9.50 Å². The van der Waals surface area contributed by atoms with Crippen LogP contribution in [0.1, 0.15) is 39.0 Å². The number of rotatable bonds is 1. The Kier molecular flexibility index (Phi) is 6.52. The Labute approximate surface area is 68.6 Å². The van der Waals surface area contributed by atoms with Crippen molar-refractivity contribution in [3.8, 4) is 0 Å². The van der Waals surface area contributed by atoms with E-state index in [4.69, 9.17) is 0 Å². The van der Waals surface area contributed by atoms with Gasteiger partial charge in [-0.05, 0) is 25.7 Å². The van der Waals surface area contributed by atoms with Gasteiger partial charge in [-0.3, -0.25) is 4.39 Å². The molecule has 1 nitrogen and oxygen atoms in total. The van der Waals surface area contributed by atoms with Crippen LogP contribution in [-0.2, 0) is 0 Å². The quantitative estimate of drug-likeness (QED) is 0.628. The van der Waals surface area contributed by atoms with Gasteiger partial charge in [-0.2, -0.15) is 0 Å². The summed E-state index contributed by atoms with van der Waals surface area (Å²) in [5.74, 6) is 0.610. The lowest BCUT2D eigenvalue weighted by Crippen LogP contribution is -2.19. The summed E-state index contributed by atoms with van der Waals surface area (Å²) in [4.78, 5) is 0. The Balaban J connectivity index is 0.000000461. The van der Waals surface area contributed by atoms with E-state index >= 15 is 0 Å². The third-order valence-electron chi connectivity index (χ3n) is 2.33. The summed E-state index contributed by atoms with van der Waals surface area (Å²) in [5, 5.41) is 9.18. The van der Waals surface area contributed by atoms with Crippen LogP contribution < -0.4 is 0 Å². The summed E-state index contributed by atoms with van der Waals surface area (Å²) in [6.45, 7) is 1.91. The van der Waals surface area contributed by atoms with Gasteiger partial charge in [0.15, 0.2) is 0 Å². The lowest BCUT2D eigenvalue weighted by molar-refractivity contribution is 0.101. The van der Waals surface area contributed by atoms with Gasteiger partial charge in [0, 0.05) is 0 Å². The molecule has 1 aliphatic rings. The van der Waals surface area contributed by atoms with Crippen LogP contribution in [0.5, 0.6) is 0 Å². The third kappa shape index (κ3) is 4.35. The first kappa shape index (κ1) is 10.9. The highest BCUT2D eigenvalue weighted by atomic mass is 19.1. The molecule has 1 aliphatic carbocycles. The number of aliphatic hydroxyl groups excluding tert-OH is 1. The van der Waals surface area contributed by atoms with E-state index < -0.39 is 0 Å². The van der Waals surface area contributed by atoms with Crippen LogP contribution in [0.25, 0.3) is 0 Å². The molecular weight excluding hydrogens is 143 g/mol. The van der Waals surface area contributed by atoms with Crippen LogP contribution >= 0.6 is 0 Å². The maximum absolute atomic E-state index is 9.50. The van der Waals surface area contributed by atoms with Crippen molar-refractivity contribution in [2.24, 2.45) is 5.92 Å². The molecule has 68 valence electrons. The van der Waals surface area contributed by atoms with Crippen molar-refractivity contribution >= 4 is 0 Å². The Morgan fingerprint density at radius 1 is 1.18 bits per heavy atom. The average molecular weight is 162 g/mol. The minimum atomic E-state index is -0.0645. The third-order valence-corrected chi connectivity index (χ3v) is 2.33. The van der Waals surface area contributed by atoms with E-state index in [1.54, 1.807) is 0 Å². The fourth-order valence-corrected chi connectivity index (χ4v) is 1.62. The molecule has 0 saturated heterocycles. The van der Waals surface area contributed by atoms with E-state index in [9.17, 15) is 9.50 Å². The van der Waals surface area contributed by atoms with Crippen LogP contribution in [0.4, 0.5) is 4.39 Å². The number of alkyl halides is 1. The number of aliphatic hydroxyl groups is 1. The zero-order valence-electron chi connectivity index (χ0n) is 7.52. The van der Waals surface area contributed by atoms with E-state index in [0.717, 1.165) is 0 Å². The molecule has 0 aromatic rings. The second kappa shape index (κ2) is 6.59. The molecule has 2 heteroatoms. The van der Waals surface area contributed by atoms with Gasteiger partial charge in [0.1, 0.15) is 0 Å².